The van der Waals surface area contributed by atoms with E-state index in [4.69, 9.17) is 5.73 Å². The highest BCUT2D eigenvalue weighted by Crippen LogP contribution is 2.49. The van der Waals surface area contributed by atoms with Gasteiger partial charge in [-0.3, -0.25) is 4.79 Å². The Labute approximate surface area is 134 Å². The predicted octanol–water partition coefficient (Wildman–Crippen LogP) is 2.02. The van der Waals surface area contributed by atoms with Crippen LogP contribution >= 0.6 is 0 Å². The van der Waals surface area contributed by atoms with Crippen LogP contribution < -0.4 is 11.1 Å². The number of nitrogens with two attached hydrogens (primary N) is 1. The van der Waals surface area contributed by atoms with Crippen LogP contribution in [0.2, 0.25) is 0 Å². The van der Waals surface area contributed by atoms with Crippen molar-refractivity contribution in [2.24, 2.45) is 10.7 Å². The maximum atomic E-state index is 12.4. The number of aromatic nitrogens is 2. The molecule has 0 radical (unpaired) electrons. The Morgan fingerprint density at radius 3 is 2.70 bits per heavy atom. The molecule has 1 heterocycles. The van der Waals surface area contributed by atoms with Gasteiger partial charge >= 0.3 is 0 Å². The Bertz CT molecular complexity index is 736. The number of aliphatic imine (C=N–C) groups is 1. The lowest BCUT2D eigenvalue weighted by Gasteiger charge is -2.11. The highest BCUT2D eigenvalue weighted by Gasteiger charge is 2.51. The van der Waals surface area contributed by atoms with Gasteiger partial charge in [-0.05, 0) is 30.5 Å². The summed E-state index contributed by atoms with van der Waals surface area (Å²) in [4.78, 5) is 24.3. The van der Waals surface area contributed by atoms with E-state index < -0.39 is 5.41 Å². The summed E-state index contributed by atoms with van der Waals surface area (Å²) in [6.07, 6.45) is 7.83. The van der Waals surface area contributed by atoms with Crippen LogP contribution in [0.5, 0.6) is 0 Å². The third-order valence-corrected chi connectivity index (χ3v) is 3.78. The number of benzene rings is 1. The minimum absolute atomic E-state index is 0.166. The molecule has 0 spiro atoms. The standard InChI is InChI=1S/C17H17N5O/c18-14(6-11-20-15-7-10-19-12-21-15)22-16(23)17(8-9-17)13-4-2-1-3-5-13/h1-7,10-12H,8-9H2,(H2,18,22,23)(H,19,20,21)/b11-6-. The maximum absolute atomic E-state index is 12.4. The number of hydrogen-bond donors (Lipinski definition) is 2. The minimum Gasteiger partial charge on any atom is -0.384 e. The Morgan fingerprint density at radius 1 is 1.26 bits per heavy atom. The van der Waals surface area contributed by atoms with Gasteiger partial charge in [-0.1, -0.05) is 30.3 Å². The van der Waals surface area contributed by atoms with Crippen LogP contribution in [-0.4, -0.2) is 21.7 Å². The van der Waals surface area contributed by atoms with Gasteiger partial charge in [0.25, 0.3) is 5.91 Å². The van der Waals surface area contributed by atoms with E-state index >= 15 is 0 Å². The normalized spacial score (nSPS) is 16.3. The fraction of sp³-hybridized carbons (Fsp3) is 0.176. The first-order valence-electron chi connectivity index (χ1n) is 7.34. The molecule has 1 aliphatic rings. The molecule has 6 nitrogen and oxygen atoms in total. The topological polar surface area (TPSA) is 93.3 Å². The molecular weight excluding hydrogens is 290 g/mol. The van der Waals surface area contributed by atoms with Gasteiger partial charge in [0.05, 0.1) is 5.41 Å². The molecule has 0 aliphatic heterocycles. The van der Waals surface area contributed by atoms with E-state index in [0.717, 1.165) is 18.4 Å². The molecule has 1 amide bonds. The molecule has 0 bridgehead atoms. The minimum atomic E-state index is -0.486. The smallest absolute Gasteiger partial charge is 0.258 e. The summed E-state index contributed by atoms with van der Waals surface area (Å²) in [5.74, 6) is 0.616. The molecule has 0 saturated heterocycles. The summed E-state index contributed by atoms with van der Waals surface area (Å²) in [6, 6.07) is 11.4. The second-order valence-corrected chi connectivity index (χ2v) is 5.36. The number of rotatable bonds is 5. The molecule has 1 aromatic carbocycles. The quantitative estimate of drug-likeness (QED) is 0.651. The van der Waals surface area contributed by atoms with E-state index in [1.165, 1.54) is 6.33 Å². The number of amidine groups is 1. The van der Waals surface area contributed by atoms with Crippen molar-refractivity contribution in [1.82, 2.24) is 9.97 Å². The fourth-order valence-corrected chi connectivity index (χ4v) is 2.36. The highest BCUT2D eigenvalue weighted by molar-refractivity contribution is 6.04. The van der Waals surface area contributed by atoms with E-state index in [9.17, 15) is 4.79 Å². The Morgan fingerprint density at radius 2 is 2.04 bits per heavy atom. The second kappa shape index (κ2) is 6.39. The van der Waals surface area contributed by atoms with Gasteiger partial charge < -0.3 is 11.1 Å². The molecule has 116 valence electrons. The van der Waals surface area contributed by atoms with Crippen molar-refractivity contribution in [2.45, 2.75) is 18.3 Å². The van der Waals surface area contributed by atoms with Gasteiger partial charge in [0.2, 0.25) is 0 Å². The third kappa shape index (κ3) is 3.42. The molecule has 3 rings (SSSR count). The van der Waals surface area contributed by atoms with Gasteiger partial charge in [-0.2, -0.15) is 4.99 Å². The first-order chi connectivity index (χ1) is 11.2. The average molecular weight is 307 g/mol. The molecule has 1 aromatic heterocycles. The molecule has 3 N–H and O–H groups in total. The van der Waals surface area contributed by atoms with E-state index in [2.05, 4.69) is 20.3 Å². The van der Waals surface area contributed by atoms with Crippen molar-refractivity contribution >= 4 is 17.6 Å². The summed E-state index contributed by atoms with van der Waals surface area (Å²) in [7, 11) is 0. The van der Waals surface area contributed by atoms with E-state index in [1.807, 2.05) is 30.3 Å². The number of anilines is 1. The van der Waals surface area contributed by atoms with E-state index in [1.54, 1.807) is 24.5 Å². The number of carbonyl (C=O) groups excluding carboxylic acids is 1. The molecule has 1 saturated carbocycles. The summed E-state index contributed by atoms with van der Waals surface area (Å²) in [5, 5.41) is 2.93. The van der Waals surface area contributed by atoms with Crippen LogP contribution in [0.25, 0.3) is 0 Å². The van der Waals surface area contributed by atoms with Crippen molar-refractivity contribution in [1.29, 1.82) is 0 Å². The zero-order chi connectivity index (χ0) is 16.1. The number of nitrogens with zero attached hydrogens (tertiary/aromatic N) is 3. The van der Waals surface area contributed by atoms with Crippen molar-refractivity contribution in [3.63, 3.8) is 0 Å². The third-order valence-electron chi connectivity index (χ3n) is 3.78. The zero-order valence-corrected chi connectivity index (χ0v) is 12.5. The van der Waals surface area contributed by atoms with Crippen molar-refractivity contribution in [3.05, 3.63) is 66.8 Å². The monoisotopic (exact) mass is 307 g/mol. The van der Waals surface area contributed by atoms with Gasteiger partial charge in [-0.25, -0.2) is 9.97 Å². The molecule has 0 atom stereocenters. The number of amides is 1. The molecule has 6 heteroatoms. The van der Waals surface area contributed by atoms with Gasteiger partial charge in [0.15, 0.2) is 0 Å². The van der Waals surface area contributed by atoms with Crippen molar-refractivity contribution in [2.75, 3.05) is 5.32 Å². The average Bonchev–Trinajstić information content (AvgIpc) is 3.38. The molecule has 1 fully saturated rings. The molecule has 0 unspecified atom stereocenters. The van der Waals surface area contributed by atoms with E-state index in [-0.39, 0.29) is 11.7 Å². The van der Waals surface area contributed by atoms with Crippen LogP contribution in [0.1, 0.15) is 18.4 Å². The SMILES string of the molecule is NC(/C=C\Nc1ccncn1)=NC(=O)C1(c2ccccc2)CC1. The highest BCUT2D eigenvalue weighted by atomic mass is 16.1. The summed E-state index contributed by atoms with van der Waals surface area (Å²) in [5.41, 5.74) is 6.33. The van der Waals surface area contributed by atoms with Gasteiger partial charge in [-0.15, -0.1) is 0 Å². The number of hydrogen-bond acceptors (Lipinski definition) is 4. The first-order valence-corrected chi connectivity index (χ1v) is 7.34. The lowest BCUT2D eigenvalue weighted by atomic mass is 9.95. The maximum Gasteiger partial charge on any atom is 0.258 e. The van der Waals surface area contributed by atoms with Crippen molar-refractivity contribution in [3.8, 4) is 0 Å². The fourth-order valence-electron chi connectivity index (χ4n) is 2.36. The summed E-state index contributed by atoms with van der Waals surface area (Å²) in [6.45, 7) is 0. The Hall–Kier alpha value is -3.02. The summed E-state index contributed by atoms with van der Waals surface area (Å²) >= 11 is 0. The van der Waals surface area contributed by atoms with E-state index in [0.29, 0.717) is 5.82 Å². The number of carbonyl (C=O) groups is 1. The zero-order valence-electron chi connectivity index (χ0n) is 12.5. The Balaban J connectivity index is 1.65. The van der Waals surface area contributed by atoms with Crippen LogP contribution in [0.4, 0.5) is 5.82 Å². The molecule has 1 aliphatic carbocycles. The number of nitrogens with one attached hydrogen (secondary N) is 1. The Kier molecular flexibility index (Phi) is 4.14. The summed E-state index contributed by atoms with van der Waals surface area (Å²) < 4.78 is 0. The van der Waals surface area contributed by atoms with Crippen LogP contribution in [0.15, 0.2) is 66.2 Å². The van der Waals surface area contributed by atoms with Gasteiger partial charge in [0.1, 0.15) is 18.0 Å². The lowest BCUT2D eigenvalue weighted by Crippen LogP contribution is -2.22. The van der Waals surface area contributed by atoms with Crippen molar-refractivity contribution < 1.29 is 4.79 Å². The van der Waals surface area contributed by atoms with Crippen LogP contribution in [0.3, 0.4) is 0 Å². The second-order valence-electron chi connectivity index (χ2n) is 5.36. The first kappa shape index (κ1) is 14.9. The molecule has 23 heavy (non-hydrogen) atoms. The lowest BCUT2D eigenvalue weighted by molar-refractivity contribution is -0.120. The predicted molar refractivity (Wildman–Crippen MR) is 88.8 cm³/mol. The van der Waals surface area contributed by atoms with Crippen LogP contribution in [0, 0.1) is 0 Å². The largest absolute Gasteiger partial charge is 0.384 e. The van der Waals surface area contributed by atoms with Crippen LogP contribution in [-0.2, 0) is 10.2 Å². The van der Waals surface area contributed by atoms with Gasteiger partial charge in [0, 0.05) is 12.4 Å². The molecule has 2 aromatic rings. The molecular formula is C17H17N5O.